The predicted octanol–water partition coefficient (Wildman–Crippen LogP) is 1.08. The van der Waals surface area contributed by atoms with E-state index < -0.39 is 0 Å². The third-order valence-corrected chi connectivity index (χ3v) is 3.61. The average Bonchev–Trinajstić information content (AvgIpc) is 2.80. The highest BCUT2D eigenvalue weighted by molar-refractivity contribution is 9.09. The number of hydrogen-bond donors (Lipinski definition) is 1. The Bertz CT molecular complexity index is 357. The van der Waals surface area contributed by atoms with Crippen LogP contribution in [0, 0.1) is 0 Å². The van der Waals surface area contributed by atoms with E-state index in [2.05, 4.69) is 26.3 Å². The molecule has 1 fully saturated rings. The largest absolute Gasteiger partial charge is 0.344 e. The zero-order chi connectivity index (χ0) is 10.2. The number of hydrogen-bond acceptors (Lipinski definition) is 2. The maximum absolute atomic E-state index is 11.7. The fourth-order valence-electron chi connectivity index (χ4n) is 1.34. The molecular weight excluding hydrogens is 246 g/mol. The Morgan fingerprint density at radius 3 is 2.93 bits per heavy atom. The molecule has 1 amide bonds. The van der Waals surface area contributed by atoms with Gasteiger partial charge in [-0.2, -0.15) is 5.10 Å². The van der Waals surface area contributed by atoms with Crippen molar-refractivity contribution in [2.24, 2.45) is 7.05 Å². The molecule has 0 aromatic carbocycles. The van der Waals surface area contributed by atoms with E-state index in [1.54, 1.807) is 24.0 Å². The van der Waals surface area contributed by atoms with Gasteiger partial charge < -0.3 is 5.32 Å². The van der Waals surface area contributed by atoms with Gasteiger partial charge in [-0.05, 0) is 18.9 Å². The van der Waals surface area contributed by atoms with Gasteiger partial charge in [-0.1, -0.05) is 15.9 Å². The minimum Gasteiger partial charge on any atom is -0.344 e. The molecule has 0 unspecified atom stereocenters. The van der Waals surface area contributed by atoms with Gasteiger partial charge in [0.1, 0.15) is 5.69 Å². The summed E-state index contributed by atoms with van der Waals surface area (Å²) in [5.41, 5.74) is 0.610. The highest BCUT2D eigenvalue weighted by Gasteiger charge is 2.43. The lowest BCUT2D eigenvalue weighted by atomic mass is 10.3. The number of alkyl halides is 1. The van der Waals surface area contributed by atoms with Crippen molar-refractivity contribution in [2.45, 2.75) is 18.4 Å². The predicted molar refractivity (Wildman–Crippen MR) is 56.4 cm³/mol. The fourth-order valence-corrected chi connectivity index (χ4v) is 2.05. The molecule has 0 bridgehead atoms. The minimum atomic E-state index is -0.0399. The van der Waals surface area contributed by atoms with Crippen molar-refractivity contribution in [3.8, 4) is 0 Å². The van der Waals surface area contributed by atoms with Crippen molar-refractivity contribution >= 4 is 21.8 Å². The first-order valence-electron chi connectivity index (χ1n) is 4.53. The summed E-state index contributed by atoms with van der Waals surface area (Å²) in [6.45, 7) is 0. The average molecular weight is 258 g/mol. The molecule has 1 saturated carbocycles. The van der Waals surface area contributed by atoms with Crippen LogP contribution in [0.4, 0.5) is 0 Å². The summed E-state index contributed by atoms with van der Waals surface area (Å²) in [5, 5.41) is 7.79. The van der Waals surface area contributed by atoms with E-state index in [4.69, 9.17) is 0 Å². The van der Waals surface area contributed by atoms with Gasteiger partial charge in [-0.25, -0.2) is 0 Å². The minimum absolute atomic E-state index is 0.00134. The van der Waals surface area contributed by atoms with E-state index in [-0.39, 0.29) is 11.4 Å². The first kappa shape index (κ1) is 9.71. The Kier molecular flexibility index (Phi) is 2.34. The summed E-state index contributed by atoms with van der Waals surface area (Å²) in [6, 6.07) is 1.72. The highest BCUT2D eigenvalue weighted by atomic mass is 79.9. The molecule has 0 saturated heterocycles. The van der Waals surface area contributed by atoms with Gasteiger partial charge >= 0.3 is 0 Å². The molecule has 0 aliphatic heterocycles. The first-order chi connectivity index (χ1) is 6.67. The van der Waals surface area contributed by atoms with Crippen LogP contribution in [0.5, 0.6) is 0 Å². The van der Waals surface area contributed by atoms with Gasteiger partial charge in [-0.15, -0.1) is 0 Å². The zero-order valence-corrected chi connectivity index (χ0v) is 9.54. The Hall–Kier alpha value is -0.840. The summed E-state index contributed by atoms with van der Waals surface area (Å²) in [6.07, 6.45) is 3.74. The number of amides is 1. The second-order valence-electron chi connectivity index (χ2n) is 3.71. The number of halogens is 1. The zero-order valence-electron chi connectivity index (χ0n) is 7.96. The van der Waals surface area contributed by atoms with E-state index in [1.807, 2.05) is 0 Å². The fraction of sp³-hybridized carbons (Fsp3) is 0.556. The van der Waals surface area contributed by atoms with Crippen molar-refractivity contribution < 1.29 is 4.79 Å². The van der Waals surface area contributed by atoms with E-state index in [0.29, 0.717) is 5.69 Å². The summed E-state index contributed by atoms with van der Waals surface area (Å²) >= 11 is 3.41. The van der Waals surface area contributed by atoms with Crippen LogP contribution in [-0.4, -0.2) is 26.6 Å². The van der Waals surface area contributed by atoms with Crippen LogP contribution in [0.15, 0.2) is 12.3 Å². The monoisotopic (exact) mass is 257 g/mol. The summed E-state index contributed by atoms with van der Waals surface area (Å²) in [4.78, 5) is 11.7. The summed E-state index contributed by atoms with van der Waals surface area (Å²) in [5.74, 6) is -0.0399. The van der Waals surface area contributed by atoms with Crippen molar-refractivity contribution in [3.05, 3.63) is 18.0 Å². The van der Waals surface area contributed by atoms with Crippen LogP contribution in [0.2, 0.25) is 0 Å². The van der Waals surface area contributed by atoms with Crippen LogP contribution in [0.1, 0.15) is 23.3 Å². The summed E-state index contributed by atoms with van der Waals surface area (Å²) < 4.78 is 1.58. The molecule has 0 radical (unpaired) electrons. The Labute approximate surface area is 90.8 Å². The number of carbonyl (C=O) groups excluding carboxylic acids is 1. The Morgan fingerprint density at radius 2 is 2.50 bits per heavy atom. The number of carbonyl (C=O) groups is 1. The van der Waals surface area contributed by atoms with Gasteiger partial charge in [0, 0.05) is 18.6 Å². The molecule has 5 heteroatoms. The molecule has 1 aliphatic rings. The van der Waals surface area contributed by atoms with Crippen LogP contribution >= 0.6 is 15.9 Å². The maximum atomic E-state index is 11.7. The highest BCUT2D eigenvalue weighted by Crippen LogP contribution is 2.37. The van der Waals surface area contributed by atoms with Crippen LogP contribution in [0.3, 0.4) is 0 Å². The van der Waals surface area contributed by atoms with Gasteiger partial charge in [-0.3, -0.25) is 9.48 Å². The molecule has 1 N–H and O–H groups in total. The van der Waals surface area contributed by atoms with Gasteiger partial charge in [0.15, 0.2) is 0 Å². The third-order valence-electron chi connectivity index (χ3n) is 2.54. The van der Waals surface area contributed by atoms with Crippen LogP contribution in [-0.2, 0) is 7.05 Å². The molecule has 1 aromatic heterocycles. The van der Waals surface area contributed by atoms with E-state index >= 15 is 0 Å². The Morgan fingerprint density at radius 1 is 1.79 bits per heavy atom. The standard InChI is InChI=1S/C9H12BrN3O/c1-13-7(2-5-11-13)8(14)12-9(6-10)3-4-9/h2,5H,3-4,6H2,1H3,(H,12,14). The van der Waals surface area contributed by atoms with Crippen LogP contribution in [0.25, 0.3) is 0 Å². The second-order valence-corrected chi connectivity index (χ2v) is 4.27. The molecule has 1 aliphatic carbocycles. The lowest BCUT2D eigenvalue weighted by molar-refractivity contribution is 0.0927. The number of rotatable bonds is 3. The molecule has 4 nitrogen and oxygen atoms in total. The topological polar surface area (TPSA) is 46.9 Å². The second kappa shape index (κ2) is 3.38. The molecule has 0 spiro atoms. The quantitative estimate of drug-likeness (QED) is 0.824. The molecule has 1 aromatic rings. The van der Waals surface area contributed by atoms with Crippen molar-refractivity contribution in [1.82, 2.24) is 15.1 Å². The maximum Gasteiger partial charge on any atom is 0.269 e. The molecule has 0 atom stereocenters. The van der Waals surface area contributed by atoms with E-state index in [0.717, 1.165) is 18.2 Å². The molecule has 1 heterocycles. The number of nitrogens with one attached hydrogen (secondary N) is 1. The normalized spacial score (nSPS) is 17.9. The van der Waals surface area contributed by atoms with Gasteiger partial charge in [0.25, 0.3) is 5.91 Å². The number of nitrogens with zero attached hydrogens (tertiary/aromatic N) is 2. The Balaban J connectivity index is 2.07. The lowest BCUT2D eigenvalue weighted by Crippen LogP contribution is -2.38. The van der Waals surface area contributed by atoms with E-state index in [1.165, 1.54) is 0 Å². The SMILES string of the molecule is Cn1nccc1C(=O)NC1(CBr)CC1. The lowest BCUT2D eigenvalue weighted by Gasteiger charge is -2.13. The van der Waals surface area contributed by atoms with Crippen molar-refractivity contribution in [2.75, 3.05) is 5.33 Å². The third kappa shape index (κ3) is 1.68. The van der Waals surface area contributed by atoms with E-state index in [9.17, 15) is 4.79 Å². The molecule has 76 valence electrons. The number of aromatic nitrogens is 2. The van der Waals surface area contributed by atoms with Gasteiger partial charge in [0.05, 0.1) is 5.54 Å². The molecule has 14 heavy (non-hydrogen) atoms. The molecule has 2 rings (SSSR count). The van der Waals surface area contributed by atoms with Crippen LogP contribution < -0.4 is 5.32 Å². The molecular formula is C9H12BrN3O. The van der Waals surface area contributed by atoms with Crippen molar-refractivity contribution in [3.63, 3.8) is 0 Å². The van der Waals surface area contributed by atoms with Crippen molar-refractivity contribution in [1.29, 1.82) is 0 Å². The smallest absolute Gasteiger partial charge is 0.269 e. The van der Waals surface area contributed by atoms with Gasteiger partial charge in [0.2, 0.25) is 0 Å². The number of aryl methyl sites for hydroxylation is 1. The summed E-state index contributed by atoms with van der Waals surface area (Å²) in [7, 11) is 1.77. The first-order valence-corrected chi connectivity index (χ1v) is 5.65.